The van der Waals surface area contributed by atoms with Crippen LogP contribution in [0.25, 0.3) is 10.2 Å². The molecule has 0 saturated heterocycles. The maximum absolute atomic E-state index is 12.4. The molecular weight excluding hydrogens is 304 g/mol. The minimum absolute atomic E-state index is 0.0957. The molecular formula is C19H20N2OS. The van der Waals surface area contributed by atoms with Crippen LogP contribution in [-0.2, 0) is 0 Å². The Morgan fingerprint density at radius 2 is 1.83 bits per heavy atom. The second-order valence-electron chi connectivity index (χ2n) is 5.97. The quantitative estimate of drug-likeness (QED) is 0.699. The molecule has 0 radical (unpaired) electrons. The first-order valence-electron chi connectivity index (χ1n) is 7.67. The summed E-state index contributed by atoms with van der Waals surface area (Å²) >= 11 is 1.59. The molecule has 1 heterocycles. The van der Waals surface area contributed by atoms with Crippen molar-refractivity contribution >= 4 is 32.5 Å². The number of nitrogens with one attached hydrogen (secondary N) is 1. The van der Waals surface area contributed by atoms with Gasteiger partial charge >= 0.3 is 0 Å². The molecule has 3 nitrogen and oxygen atoms in total. The number of benzene rings is 2. The van der Waals surface area contributed by atoms with Crippen molar-refractivity contribution in [2.45, 2.75) is 27.7 Å². The third-order valence-electron chi connectivity index (χ3n) is 4.18. The lowest BCUT2D eigenvalue weighted by Crippen LogP contribution is -2.15. The summed E-state index contributed by atoms with van der Waals surface area (Å²) in [6, 6.07) is 10.2. The molecule has 3 rings (SSSR count). The molecule has 3 aromatic rings. The van der Waals surface area contributed by atoms with Crippen LogP contribution in [0.3, 0.4) is 0 Å². The van der Waals surface area contributed by atoms with Crippen LogP contribution < -0.4 is 5.32 Å². The van der Waals surface area contributed by atoms with Gasteiger partial charge in [-0.25, -0.2) is 4.98 Å². The Hall–Kier alpha value is -2.20. The van der Waals surface area contributed by atoms with Crippen molar-refractivity contribution in [1.29, 1.82) is 0 Å². The number of ketones is 1. The van der Waals surface area contributed by atoms with Gasteiger partial charge in [-0.15, -0.1) is 0 Å². The van der Waals surface area contributed by atoms with E-state index in [4.69, 9.17) is 0 Å². The summed E-state index contributed by atoms with van der Waals surface area (Å²) in [4.78, 5) is 17.1. The molecule has 0 aliphatic heterocycles. The van der Waals surface area contributed by atoms with E-state index in [9.17, 15) is 4.79 Å². The van der Waals surface area contributed by atoms with Crippen molar-refractivity contribution < 1.29 is 4.79 Å². The van der Waals surface area contributed by atoms with Crippen LogP contribution >= 0.6 is 11.3 Å². The Kier molecular flexibility index (Phi) is 4.18. The van der Waals surface area contributed by atoms with E-state index >= 15 is 0 Å². The van der Waals surface area contributed by atoms with Gasteiger partial charge in [0.2, 0.25) is 0 Å². The normalized spacial score (nSPS) is 11.0. The summed E-state index contributed by atoms with van der Waals surface area (Å²) in [6.07, 6.45) is 0. The fraction of sp³-hybridized carbons (Fsp3) is 0.263. The Balaban J connectivity index is 1.79. The van der Waals surface area contributed by atoms with E-state index in [1.807, 2.05) is 32.0 Å². The molecule has 118 valence electrons. The smallest absolute Gasteiger partial charge is 0.184 e. The highest BCUT2D eigenvalue weighted by molar-refractivity contribution is 7.22. The van der Waals surface area contributed by atoms with Crippen LogP contribution in [0.15, 0.2) is 30.3 Å². The van der Waals surface area contributed by atoms with Crippen LogP contribution in [0.4, 0.5) is 5.13 Å². The fourth-order valence-corrected chi connectivity index (χ4v) is 3.51. The van der Waals surface area contributed by atoms with Crippen molar-refractivity contribution in [3.63, 3.8) is 0 Å². The molecule has 23 heavy (non-hydrogen) atoms. The highest BCUT2D eigenvalue weighted by Crippen LogP contribution is 2.29. The minimum atomic E-state index is 0.0957. The molecule has 1 N–H and O–H groups in total. The summed E-state index contributed by atoms with van der Waals surface area (Å²) in [5, 5.41) is 3.98. The lowest BCUT2D eigenvalue weighted by atomic mass is 10.0. The highest BCUT2D eigenvalue weighted by atomic mass is 32.1. The molecule has 0 fully saturated rings. The topological polar surface area (TPSA) is 42.0 Å². The van der Waals surface area contributed by atoms with E-state index in [2.05, 4.69) is 36.3 Å². The summed E-state index contributed by atoms with van der Waals surface area (Å²) < 4.78 is 1.15. The maximum atomic E-state index is 12.4. The monoisotopic (exact) mass is 324 g/mol. The number of carbonyl (C=O) groups is 1. The molecule has 0 aliphatic rings. The number of aromatic nitrogens is 1. The van der Waals surface area contributed by atoms with Crippen molar-refractivity contribution in [1.82, 2.24) is 4.98 Å². The van der Waals surface area contributed by atoms with Gasteiger partial charge in [0.15, 0.2) is 10.9 Å². The SMILES string of the molecule is Cc1ccc(C)c(C(=O)CNc2nc3c(C)c(C)ccc3s2)c1. The van der Waals surface area contributed by atoms with Gasteiger partial charge in [0.1, 0.15) is 0 Å². The first-order valence-corrected chi connectivity index (χ1v) is 8.48. The average Bonchev–Trinajstić information content (AvgIpc) is 2.95. The third-order valence-corrected chi connectivity index (χ3v) is 5.16. The van der Waals surface area contributed by atoms with E-state index in [0.717, 1.165) is 32.0 Å². The van der Waals surface area contributed by atoms with Crippen LogP contribution in [-0.4, -0.2) is 17.3 Å². The second kappa shape index (κ2) is 6.13. The maximum Gasteiger partial charge on any atom is 0.184 e. The van der Waals surface area contributed by atoms with Crippen molar-refractivity contribution in [3.8, 4) is 0 Å². The van der Waals surface area contributed by atoms with E-state index in [1.54, 1.807) is 11.3 Å². The van der Waals surface area contributed by atoms with E-state index in [0.29, 0.717) is 0 Å². The zero-order chi connectivity index (χ0) is 16.6. The molecule has 0 unspecified atom stereocenters. The van der Waals surface area contributed by atoms with E-state index in [1.165, 1.54) is 11.1 Å². The average molecular weight is 324 g/mol. The number of rotatable bonds is 4. The van der Waals surface area contributed by atoms with Gasteiger partial charge in [-0.3, -0.25) is 4.79 Å². The third kappa shape index (κ3) is 3.13. The van der Waals surface area contributed by atoms with Crippen LogP contribution in [0, 0.1) is 27.7 Å². The Bertz CT molecular complexity index is 896. The molecule has 0 spiro atoms. The lowest BCUT2D eigenvalue weighted by Gasteiger charge is -2.06. The lowest BCUT2D eigenvalue weighted by molar-refractivity contribution is 0.101. The van der Waals surface area contributed by atoms with E-state index < -0.39 is 0 Å². The Morgan fingerprint density at radius 3 is 2.61 bits per heavy atom. The number of hydrogen-bond acceptors (Lipinski definition) is 4. The molecule has 4 heteroatoms. The molecule has 0 amide bonds. The first kappa shape index (κ1) is 15.7. The predicted molar refractivity (Wildman–Crippen MR) is 97.8 cm³/mol. The van der Waals surface area contributed by atoms with Gasteiger partial charge in [-0.2, -0.15) is 0 Å². The largest absolute Gasteiger partial charge is 0.354 e. The molecule has 1 aromatic heterocycles. The molecule has 2 aromatic carbocycles. The van der Waals surface area contributed by atoms with Gasteiger partial charge < -0.3 is 5.32 Å². The molecule has 0 bridgehead atoms. The number of hydrogen-bond donors (Lipinski definition) is 1. The van der Waals surface area contributed by atoms with Crippen molar-refractivity contribution in [2.75, 3.05) is 11.9 Å². The van der Waals surface area contributed by atoms with Crippen LogP contribution in [0.5, 0.6) is 0 Å². The number of thiazole rings is 1. The predicted octanol–water partition coefficient (Wildman–Crippen LogP) is 4.82. The highest BCUT2D eigenvalue weighted by Gasteiger charge is 2.12. The number of carbonyl (C=O) groups excluding carboxylic acids is 1. The van der Waals surface area contributed by atoms with Crippen molar-refractivity contribution in [3.05, 3.63) is 58.1 Å². The number of Topliss-reactive ketones (excluding diaryl/α,β-unsaturated/α-hetero) is 1. The number of anilines is 1. The molecule has 0 aliphatic carbocycles. The van der Waals surface area contributed by atoms with Gasteiger partial charge in [-0.1, -0.05) is 35.1 Å². The fourth-order valence-electron chi connectivity index (χ4n) is 2.59. The number of fused-ring (bicyclic) bond motifs is 1. The van der Waals surface area contributed by atoms with Crippen LogP contribution in [0.1, 0.15) is 32.6 Å². The standard InChI is InChI=1S/C19H20N2OS/c1-11-5-6-13(3)15(9-11)16(22)10-20-19-21-18-14(4)12(2)7-8-17(18)23-19/h5-9H,10H2,1-4H3,(H,20,21). The van der Waals surface area contributed by atoms with E-state index in [-0.39, 0.29) is 12.3 Å². The zero-order valence-electron chi connectivity index (χ0n) is 13.9. The number of aryl methyl sites for hydroxylation is 4. The number of nitrogens with zero attached hydrogens (tertiary/aromatic N) is 1. The summed E-state index contributed by atoms with van der Waals surface area (Å²) in [5.41, 5.74) is 6.36. The van der Waals surface area contributed by atoms with Crippen molar-refractivity contribution in [2.24, 2.45) is 0 Å². The van der Waals surface area contributed by atoms with Crippen LogP contribution in [0.2, 0.25) is 0 Å². The minimum Gasteiger partial charge on any atom is -0.354 e. The van der Waals surface area contributed by atoms with Gasteiger partial charge in [-0.05, 0) is 56.5 Å². The van der Waals surface area contributed by atoms with Gasteiger partial charge in [0.05, 0.1) is 16.8 Å². The first-order chi connectivity index (χ1) is 11.0. The van der Waals surface area contributed by atoms with Gasteiger partial charge in [0, 0.05) is 5.56 Å². The molecule has 0 atom stereocenters. The van der Waals surface area contributed by atoms with Gasteiger partial charge in [0.25, 0.3) is 0 Å². The summed E-state index contributed by atoms with van der Waals surface area (Å²) in [5.74, 6) is 0.0957. The zero-order valence-corrected chi connectivity index (χ0v) is 14.7. The molecule has 0 saturated carbocycles. The Labute approximate surface area is 140 Å². The summed E-state index contributed by atoms with van der Waals surface area (Å²) in [6.45, 7) is 8.41. The second-order valence-corrected chi connectivity index (χ2v) is 7.00. The Morgan fingerprint density at radius 1 is 1.09 bits per heavy atom. The summed E-state index contributed by atoms with van der Waals surface area (Å²) in [7, 11) is 0.